The van der Waals surface area contributed by atoms with Gasteiger partial charge in [0.1, 0.15) is 23.3 Å². The topological polar surface area (TPSA) is 54.7 Å². The Morgan fingerprint density at radius 3 is 2.45 bits per heavy atom. The number of halogens is 3. The lowest BCUT2D eigenvalue weighted by Crippen LogP contribution is -1.97. The number of benzene rings is 2. The molecule has 3 rings (SSSR count). The van der Waals surface area contributed by atoms with Crippen molar-refractivity contribution in [3.8, 4) is 11.4 Å². The number of nitrogens with two attached hydrogens (primary N) is 1. The number of nitrogens with zero attached hydrogens (tertiary/aromatic N) is 1. The largest absolute Gasteiger partial charge is 0.338 e. The van der Waals surface area contributed by atoms with Gasteiger partial charge in [-0.05, 0) is 11.6 Å². The van der Waals surface area contributed by atoms with E-state index < -0.39 is 17.5 Å². The predicted octanol–water partition coefficient (Wildman–Crippen LogP) is 3.11. The van der Waals surface area contributed by atoms with Crippen LogP contribution in [0.1, 0.15) is 5.56 Å². The van der Waals surface area contributed by atoms with Crippen molar-refractivity contribution < 1.29 is 13.2 Å². The Morgan fingerprint density at radius 1 is 1.10 bits per heavy atom. The van der Waals surface area contributed by atoms with E-state index in [1.54, 1.807) is 18.2 Å². The number of imidazole rings is 1. The molecule has 0 amide bonds. The number of H-pyrrole nitrogens is 1. The lowest BCUT2D eigenvalue weighted by molar-refractivity contribution is 0.547. The summed E-state index contributed by atoms with van der Waals surface area (Å²) in [4.78, 5) is 6.99. The lowest BCUT2D eigenvalue weighted by atomic mass is 10.2. The summed E-state index contributed by atoms with van der Waals surface area (Å²) in [5.41, 5.74) is 7.13. The number of para-hydroxylation sites is 1. The van der Waals surface area contributed by atoms with Crippen LogP contribution in [0.3, 0.4) is 0 Å². The van der Waals surface area contributed by atoms with E-state index in [0.717, 1.165) is 5.56 Å². The van der Waals surface area contributed by atoms with E-state index in [1.165, 1.54) is 0 Å². The van der Waals surface area contributed by atoms with E-state index in [1.807, 2.05) is 0 Å². The maximum Gasteiger partial charge on any atom is 0.144 e. The molecule has 0 aliphatic rings. The molecule has 0 unspecified atom stereocenters. The summed E-state index contributed by atoms with van der Waals surface area (Å²) >= 11 is 0. The zero-order valence-corrected chi connectivity index (χ0v) is 10.3. The first-order chi connectivity index (χ1) is 9.60. The highest BCUT2D eigenvalue weighted by atomic mass is 19.1. The van der Waals surface area contributed by atoms with Crippen LogP contribution in [0.25, 0.3) is 22.4 Å². The van der Waals surface area contributed by atoms with Gasteiger partial charge in [-0.3, -0.25) is 0 Å². The van der Waals surface area contributed by atoms with Crippen molar-refractivity contribution in [2.24, 2.45) is 5.73 Å². The van der Waals surface area contributed by atoms with Crippen molar-refractivity contribution >= 4 is 11.0 Å². The molecule has 3 aromatic rings. The number of hydrogen-bond donors (Lipinski definition) is 2. The third-order valence-electron chi connectivity index (χ3n) is 3.06. The van der Waals surface area contributed by atoms with Gasteiger partial charge >= 0.3 is 0 Å². The molecule has 102 valence electrons. The first-order valence-electron chi connectivity index (χ1n) is 5.92. The van der Waals surface area contributed by atoms with E-state index in [2.05, 4.69) is 9.97 Å². The van der Waals surface area contributed by atoms with Crippen molar-refractivity contribution in [2.45, 2.75) is 6.54 Å². The van der Waals surface area contributed by atoms with E-state index >= 15 is 0 Å². The molecule has 0 atom stereocenters. The molecule has 3 nitrogen and oxygen atoms in total. The summed E-state index contributed by atoms with van der Waals surface area (Å²) < 4.78 is 40.4. The van der Waals surface area contributed by atoms with Crippen LogP contribution >= 0.6 is 0 Å². The number of fused-ring (bicyclic) bond motifs is 1. The van der Waals surface area contributed by atoms with Crippen LogP contribution in [0.15, 0.2) is 30.3 Å². The molecule has 0 spiro atoms. The molecule has 3 N–H and O–H groups in total. The Bertz CT molecular complexity index is 772. The molecule has 0 aliphatic heterocycles. The second-order valence-corrected chi connectivity index (χ2v) is 4.35. The quantitative estimate of drug-likeness (QED) is 0.756. The first kappa shape index (κ1) is 12.7. The van der Waals surface area contributed by atoms with Gasteiger partial charge in [0.25, 0.3) is 0 Å². The van der Waals surface area contributed by atoms with Gasteiger partial charge in [0.05, 0.1) is 16.6 Å². The zero-order valence-electron chi connectivity index (χ0n) is 10.3. The average molecular weight is 277 g/mol. The first-order valence-corrected chi connectivity index (χ1v) is 5.92. The molecule has 0 saturated heterocycles. The van der Waals surface area contributed by atoms with Crippen molar-refractivity contribution in [2.75, 3.05) is 0 Å². The minimum atomic E-state index is -1.00. The Morgan fingerprint density at radius 2 is 1.80 bits per heavy atom. The molecule has 1 aromatic heterocycles. The monoisotopic (exact) mass is 277 g/mol. The minimum absolute atomic E-state index is 0.0101. The standard InChI is InChI=1S/C14H10F3N3/c15-8-4-9(16)12(10(17)5-8)14-19-11-3-1-2-7(6-18)13(11)20-14/h1-5H,6,18H2,(H,19,20). The molecular weight excluding hydrogens is 267 g/mol. The van der Waals surface area contributed by atoms with E-state index in [9.17, 15) is 13.2 Å². The Hall–Kier alpha value is -2.34. The second-order valence-electron chi connectivity index (χ2n) is 4.35. The second kappa shape index (κ2) is 4.64. The molecule has 0 aliphatic carbocycles. The van der Waals surface area contributed by atoms with Gasteiger partial charge in [-0.25, -0.2) is 18.2 Å². The highest BCUT2D eigenvalue weighted by molar-refractivity contribution is 5.82. The molecule has 2 aromatic carbocycles. The molecule has 0 fully saturated rings. The van der Waals surface area contributed by atoms with Crippen LogP contribution in [0.4, 0.5) is 13.2 Å². The Labute approximate surface area is 112 Å². The summed E-state index contributed by atoms with van der Waals surface area (Å²) in [5.74, 6) is -2.97. The number of hydrogen-bond acceptors (Lipinski definition) is 2. The van der Waals surface area contributed by atoms with E-state index in [0.29, 0.717) is 23.2 Å². The van der Waals surface area contributed by atoms with Gasteiger partial charge in [0.15, 0.2) is 0 Å². The number of rotatable bonds is 2. The molecular formula is C14H10F3N3. The van der Waals surface area contributed by atoms with Crippen LogP contribution in [-0.4, -0.2) is 9.97 Å². The van der Waals surface area contributed by atoms with Gasteiger partial charge in [0.2, 0.25) is 0 Å². The van der Waals surface area contributed by atoms with E-state index in [4.69, 9.17) is 5.73 Å². The molecule has 0 bridgehead atoms. The molecule has 1 heterocycles. The fourth-order valence-electron chi connectivity index (χ4n) is 2.14. The molecule has 0 radical (unpaired) electrons. The number of aromatic nitrogens is 2. The normalized spacial score (nSPS) is 11.2. The van der Waals surface area contributed by atoms with Crippen molar-refractivity contribution in [3.63, 3.8) is 0 Å². The predicted molar refractivity (Wildman–Crippen MR) is 69.3 cm³/mol. The van der Waals surface area contributed by atoms with Crippen molar-refractivity contribution in [1.29, 1.82) is 0 Å². The molecule has 20 heavy (non-hydrogen) atoms. The SMILES string of the molecule is NCc1cccc2[nH]c(-c3c(F)cc(F)cc3F)nc12. The summed E-state index contributed by atoms with van der Waals surface area (Å²) in [7, 11) is 0. The summed E-state index contributed by atoms with van der Waals surface area (Å²) in [6.07, 6.45) is 0. The maximum absolute atomic E-state index is 13.7. The minimum Gasteiger partial charge on any atom is -0.338 e. The van der Waals surface area contributed by atoms with Crippen LogP contribution in [0, 0.1) is 17.5 Å². The fraction of sp³-hybridized carbons (Fsp3) is 0.0714. The van der Waals surface area contributed by atoms with Crippen LogP contribution < -0.4 is 5.73 Å². The fourth-order valence-corrected chi connectivity index (χ4v) is 2.14. The van der Waals surface area contributed by atoms with Crippen molar-refractivity contribution in [3.05, 3.63) is 53.3 Å². The summed E-state index contributed by atoms with van der Waals surface area (Å²) in [5, 5.41) is 0. The summed E-state index contributed by atoms with van der Waals surface area (Å²) in [6.45, 7) is 0.260. The summed E-state index contributed by atoms with van der Waals surface area (Å²) in [6, 6.07) is 6.52. The maximum atomic E-state index is 13.7. The van der Waals surface area contributed by atoms with Gasteiger partial charge < -0.3 is 10.7 Å². The van der Waals surface area contributed by atoms with Crippen LogP contribution in [0.2, 0.25) is 0 Å². The van der Waals surface area contributed by atoms with Crippen LogP contribution in [-0.2, 0) is 6.54 Å². The molecule has 0 saturated carbocycles. The highest BCUT2D eigenvalue weighted by Gasteiger charge is 2.17. The van der Waals surface area contributed by atoms with Gasteiger partial charge in [-0.1, -0.05) is 12.1 Å². The molecule has 6 heteroatoms. The lowest BCUT2D eigenvalue weighted by Gasteiger charge is -2.01. The van der Waals surface area contributed by atoms with E-state index in [-0.39, 0.29) is 17.9 Å². The zero-order chi connectivity index (χ0) is 14.3. The Kier molecular flexibility index (Phi) is 2.94. The third kappa shape index (κ3) is 1.94. The number of nitrogens with one attached hydrogen (secondary N) is 1. The Balaban J connectivity index is 2.26. The van der Waals surface area contributed by atoms with Gasteiger partial charge in [-0.15, -0.1) is 0 Å². The number of aromatic amines is 1. The van der Waals surface area contributed by atoms with Gasteiger partial charge in [0, 0.05) is 18.7 Å². The van der Waals surface area contributed by atoms with Crippen molar-refractivity contribution in [1.82, 2.24) is 9.97 Å². The highest BCUT2D eigenvalue weighted by Crippen LogP contribution is 2.27. The smallest absolute Gasteiger partial charge is 0.144 e. The third-order valence-corrected chi connectivity index (χ3v) is 3.06. The average Bonchev–Trinajstić information content (AvgIpc) is 2.80. The van der Waals surface area contributed by atoms with Crippen LogP contribution in [0.5, 0.6) is 0 Å². The van der Waals surface area contributed by atoms with Gasteiger partial charge in [-0.2, -0.15) is 0 Å².